The van der Waals surface area contributed by atoms with Gasteiger partial charge in [-0.15, -0.1) is 0 Å². The number of aliphatic hydroxyl groups is 1. The van der Waals surface area contributed by atoms with Crippen LogP contribution in [0.15, 0.2) is 0 Å². The molecule has 0 aromatic carbocycles. The third kappa shape index (κ3) is 3.76. The van der Waals surface area contributed by atoms with Gasteiger partial charge in [0.1, 0.15) is 0 Å². The lowest BCUT2D eigenvalue weighted by atomic mass is 9.94. The quantitative estimate of drug-likeness (QED) is 0.649. The SMILES string of the molecule is CCCC(C)(O)CCC1CC1. The molecule has 0 spiro atoms. The largest absolute Gasteiger partial charge is 0.390 e. The first-order valence-electron chi connectivity index (χ1n) is 4.86. The van der Waals surface area contributed by atoms with Crippen LogP contribution >= 0.6 is 0 Å². The van der Waals surface area contributed by atoms with Gasteiger partial charge in [0.05, 0.1) is 5.60 Å². The Hall–Kier alpha value is -0.0400. The monoisotopic (exact) mass is 156 g/mol. The molecule has 0 aliphatic heterocycles. The van der Waals surface area contributed by atoms with Gasteiger partial charge in [0, 0.05) is 0 Å². The summed E-state index contributed by atoms with van der Waals surface area (Å²) in [6, 6.07) is 0. The Morgan fingerprint density at radius 2 is 2.00 bits per heavy atom. The number of hydrogen-bond acceptors (Lipinski definition) is 1. The minimum absolute atomic E-state index is 0.378. The van der Waals surface area contributed by atoms with Gasteiger partial charge in [-0.25, -0.2) is 0 Å². The van der Waals surface area contributed by atoms with E-state index < -0.39 is 0 Å². The van der Waals surface area contributed by atoms with Gasteiger partial charge in [-0.1, -0.05) is 26.2 Å². The summed E-state index contributed by atoms with van der Waals surface area (Å²) in [5, 5.41) is 9.79. The molecule has 1 rings (SSSR count). The molecule has 1 unspecified atom stereocenters. The fourth-order valence-corrected chi connectivity index (χ4v) is 1.59. The molecule has 1 saturated carbocycles. The van der Waals surface area contributed by atoms with Crippen molar-refractivity contribution in [2.75, 3.05) is 0 Å². The average Bonchev–Trinajstić information content (AvgIpc) is 2.65. The van der Waals surface area contributed by atoms with E-state index in [1.165, 1.54) is 19.3 Å². The molecular weight excluding hydrogens is 136 g/mol. The van der Waals surface area contributed by atoms with Gasteiger partial charge in [0.15, 0.2) is 0 Å². The molecule has 1 nitrogen and oxygen atoms in total. The summed E-state index contributed by atoms with van der Waals surface area (Å²) in [6.45, 7) is 4.10. The minimum atomic E-state index is -0.378. The molecule has 1 N–H and O–H groups in total. The van der Waals surface area contributed by atoms with Gasteiger partial charge < -0.3 is 5.11 Å². The molecule has 1 aliphatic rings. The van der Waals surface area contributed by atoms with E-state index >= 15 is 0 Å². The highest BCUT2D eigenvalue weighted by Gasteiger charge is 2.26. The Morgan fingerprint density at radius 3 is 2.45 bits per heavy atom. The van der Waals surface area contributed by atoms with Gasteiger partial charge in [-0.3, -0.25) is 0 Å². The highest BCUT2D eigenvalue weighted by Crippen LogP contribution is 2.36. The van der Waals surface area contributed by atoms with Gasteiger partial charge in [-0.2, -0.15) is 0 Å². The smallest absolute Gasteiger partial charge is 0.0619 e. The molecular formula is C10H20O. The van der Waals surface area contributed by atoms with Gasteiger partial charge in [-0.05, 0) is 32.1 Å². The Balaban J connectivity index is 2.09. The first-order chi connectivity index (χ1) is 5.14. The number of rotatable bonds is 5. The maximum Gasteiger partial charge on any atom is 0.0619 e. The lowest BCUT2D eigenvalue weighted by molar-refractivity contribution is 0.0378. The summed E-state index contributed by atoms with van der Waals surface area (Å²) in [5.41, 5.74) is -0.378. The van der Waals surface area contributed by atoms with Crippen LogP contribution in [0.2, 0.25) is 0 Å². The second-order valence-corrected chi connectivity index (χ2v) is 4.23. The Kier molecular flexibility index (Phi) is 2.94. The second kappa shape index (κ2) is 3.57. The van der Waals surface area contributed by atoms with Crippen molar-refractivity contribution in [3.8, 4) is 0 Å². The van der Waals surface area contributed by atoms with E-state index in [9.17, 15) is 5.11 Å². The van der Waals surface area contributed by atoms with Gasteiger partial charge >= 0.3 is 0 Å². The molecule has 0 bridgehead atoms. The summed E-state index contributed by atoms with van der Waals surface area (Å²) in [6.07, 6.45) is 7.11. The molecule has 1 fully saturated rings. The fourth-order valence-electron chi connectivity index (χ4n) is 1.59. The van der Waals surface area contributed by atoms with E-state index in [4.69, 9.17) is 0 Å². The van der Waals surface area contributed by atoms with E-state index in [0.29, 0.717) is 0 Å². The van der Waals surface area contributed by atoms with Crippen molar-refractivity contribution >= 4 is 0 Å². The highest BCUT2D eigenvalue weighted by molar-refractivity contribution is 4.79. The first kappa shape index (κ1) is 9.05. The zero-order valence-electron chi connectivity index (χ0n) is 7.77. The normalized spacial score (nSPS) is 23.2. The maximum absolute atomic E-state index is 9.79. The van der Waals surface area contributed by atoms with E-state index in [0.717, 1.165) is 25.2 Å². The van der Waals surface area contributed by atoms with E-state index in [-0.39, 0.29) is 5.60 Å². The van der Waals surface area contributed by atoms with Crippen LogP contribution in [0, 0.1) is 5.92 Å². The summed E-state index contributed by atoms with van der Waals surface area (Å²) < 4.78 is 0. The van der Waals surface area contributed by atoms with Crippen LogP contribution in [0.3, 0.4) is 0 Å². The zero-order chi connectivity index (χ0) is 8.32. The maximum atomic E-state index is 9.79. The highest BCUT2D eigenvalue weighted by atomic mass is 16.3. The molecule has 0 saturated heterocycles. The Bertz CT molecular complexity index is 114. The molecule has 1 atom stereocenters. The van der Waals surface area contributed by atoms with Crippen molar-refractivity contribution in [2.24, 2.45) is 5.92 Å². The van der Waals surface area contributed by atoms with Crippen LogP contribution < -0.4 is 0 Å². The summed E-state index contributed by atoms with van der Waals surface area (Å²) in [7, 11) is 0. The molecule has 0 heterocycles. The van der Waals surface area contributed by atoms with Crippen LogP contribution in [0.5, 0.6) is 0 Å². The second-order valence-electron chi connectivity index (χ2n) is 4.23. The molecule has 1 aliphatic carbocycles. The predicted molar refractivity (Wildman–Crippen MR) is 47.5 cm³/mol. The van der Waals surface area contributed by atoms with Gasteiger partial charge in [0.2, 0.25) is 0 Å². The van der Waals surface area contributed by atoms with Gasteiger partial charge in [0.25, 0.3) is 0 Å². The molecule has 0 aromatic rings. The van der Waals surface area contributed by atoms with Crippen molar-refractivity contribution in [1.82, 2.24) is 0 Å². The molecule has 0 amide bonds. The summed E-state index contributed by atoms with van der Waals surface area (Å²) in [4.78, 5) is 0. The van der Waals surface area contributed by atoms with Crippen molar-refractivity contribution in [2.45, 2.75) is 58.0 Å². The minimum Gasteiger partial charge on any atom is -0.390 e. The van der Waals surface area contributed by atoms with Crippen LogP contribution in [0.25, 0.3) is 0 Å². The lowest BCUT2D eigenvalue weighted by Gasteiger charge is -2.22. The van der Waals surface area contributed by atoms with Crippen LogP contribution in [0.4, 0.5) is 0 Å². The van der Waals surface area contributed by atoms with E-state index in [1.54, 1.807) is 0 Å². The number of hydrogen-bond donors (Lipinski definition) is 1. The van der Waals surface area contributed by atoms with Crippen molar-refractivity contribution in [1.29, 1.82) is 0 Å². The third-order valence-corrected chi connectivity index (χ3v) is 2.58. The van der Waals surface area contributed by atoms with Crippen LogP contribution in [-0.4, -0.2) is 10.7 Å². The van der Waals surface area contributed by atoms with E-state index in [1.807, 2.05) is 6.92 Å². The Morgan fingerprint density at radius 1 is 1.36 bits per heavy atom. The topological polar surface area (TPSA) is 20.2 Å². The molecule has 11 heavy (non-hydrogen) atoms. The summed E-state index contributed by atoms with van der Waals surface area (Å²) >= 11 is 0. The molecule has 0 aromatic heterocycles. The third-order valence-electron chi connectivity index (χ3n) is 2.58. The average molecular weight is 156 g/mol. The predicted octanol–water partition coefficient (Wildman–Crippen LogP) is 2.73. The molecule has 0 radical (unpaired) electrons. The standard InChI is InChI=1S/C10H20O/c1-3-7-10(2,11)8-6-9-4-5-9/h9,11H,3-8H2,1-2H3. The fraction of sp³-hybridized carbons (Fsp3) is 1.00. The Labute approximate surface area is 69.8 Å². The zero-order valence-corrected chi connectivity index (χ0v) is 7.77. The van der Waals surface area contributed by atoms with E-state index in [2.05, 4.69) is 6.92 Å². The van der Waals surface area contributed by atoms with Crippen LogP contribution in [0.1, 0.15) is 52.4 Å². The van der Waals surface area contributed by atoms with Crippen molar-refractivity contribution < 1.29 is 5.11 Å². The van der Waals surface area contributed by atoms with Crippen LogP contribution in [-0.2, 0) is 0 Å². The summed E-state index contributed by atoms with van der Waals surface area (Å²) in [5.74, 6) is 0.957. The molecule has 1 heteroatoms. The van der Waals surface area contributed by atoms with Crippen molar-refractivity contribution in [3.63, 3.8) is 0 Å². The lowest BCUT2D eigenvalue weighted by Crippen LogP contribution is -2.23. The molecule has 66 valence electrons. The first-order valence-corrected chi connectivity index (χ1v) is 4.86. The van der Waals surface area contributed by atoms with Crippen molar-refractivity contribution in [3.05, 3.63) is 0 Å².